The number of ketones is 1. The molecule has 2 amide bonds. The maximum Gasteiger partial charge on any atom is 0.254 e. The molecule has 2 aromatic heterocycles. The number of amides is 2. The number of nitrogens with one attached hydrogen (secondary N) is 1. The molecule has 1 aromatic carbocycles. The van der Waals surface area contributed by atoms with Crippen molar-refractivity contribution in [3.63, 3.8) is 0 Å². The molecular weight excluding hydrogens is 451 g/mol. The van der Waals surface area contributed by atoms with Gasteiger partial charge >= 0.3 is 0 Å². The molecule has 0 spiro atoms. The van der Waals surface area contributed by atoms with Gasteiger partial charge in [-0.2, -0.15) is 9.49 Å². The zero-order valence-corrected chi connectivity index (χ0v) is 18.9. The number of benzene rings is 1. The summed E-state index contributed by atoms with van der Waals surface area (Å²) in [6, 6.07) is 7.58. The highest BCUT2D eigenvalue weighted by Crippen LogP contribution is 2.25. The van der Waals surface area contributed by atoms with Crippen LogP contribution in [0.25, 0.3) is 0 Å². The van der Waals surface area contributed by atoms with Crippen molar-refractivity contribution >= 4 is 40.7 Å². The number of rotatable bonds is 7. The van der Waals surface area contributed by atoms with Crippen LogP contribution in [0.2, 0.25) is 5.02 Å². The van der Waals surface area contributed by atoms with Gasteiger partial charge in [-0.1, -0.05) is 23.7 Å². The molecule has 0 saturated carbocycles. The number of nitrogens with two attached hydrogens (primary N) is 2. The second-order valence-electron chi connectivity index (χ2n) is 7.67. The summed E-state index contributed by atoms with van der Waals surface area (Å²) in [4.78, 5) is 41.2. The average Bonchev–Trinajstić information content (AvgIpc) is 3.12. The third kappa shape index (κ3) is 4.85. The van der Waals surface area contributed by atoms with E-state index in [0.717, 1.165) is 12.3 Å². The minimum absolute atomic E-state index is 0.0856. The first kappa shape index (κ1) is 23.9. The van der Waals surface area contributed by atoms with Crippen molar-refractivity contribution in [1.82, 2.24) is 14.8 Å². The number of carbonyl (C=O) groups is 3. The first-order chi connectivity index (χ1) is 15.5. The standard InChI is InChI=1S/C22H22ClFN6O3/c1-10(2)30-20(25)16(21(26)32)17(29-30)18(31)15-8-14(9-27-19(15)24)28-22(33)11(3)12-4-6-13(23)7-5-12/h4-11H,25H2,1-3H3,(H2,26,32)(H,28,33). The van der Waals surface area contributed by atoms with E-state index >= 15 is 0 Å². The molecule has 0 saturated heterocycles. The number of nitrogen functional groups attached to an aromatic ring is 1. The van der Waals surface area contributed by atoms with E-state index in [1.54, 1.807) is 45.0 Å². The van der Waals surface area contributed by atoms with E-state index in [1.165, 1.54) is 4.68 Å². The second kappa shape index (κ2) is 9.37. The average molecular weight is 473 g/mol. The SMILES string of the molecule is CC(C(=O)Nc1cnc(F)c(C(=O)c2nn(C(C)C)c(N)c2C(N)=O)c1)c1ccc(Cl)cc1. The minimum atomic E-state index is -1.10. The van der Waals surface area contributed by atoms with Crippen LogP contribution in [-0.2, 0) is 4.79 Å². The Hall–Kier alpha value is -3.79. The Morgan fingerprint density at radius 2 is 1.79 bits per heavy atom. The van der Waals surface area contributed by atoms with Gasteiger partial charge in [0.05, 0.1) is 23.4 Å². The van der Waals surface area contributed by atoms with Crippen molar-refractivity contribution in [2.75, 3.05) is 11.1 Å². The summed E-state index contributed by atoms with van der Waals surface area (Å²) in [6.45, 7) is 5.16. The van der Waals surface area contributed by atoms with E-state index in [-0.39, 0.29) is 23.1 Å². The van der Waals surface area contributed by atoms with E-state index < -0.39 is 40.7 Å². The molecule has 3 rings (SSSR count). The van der Waals surface area contributed by atoms with Crippen LogP contribution in [0.1, 0.15) is 64.7 Å². The molecule has 3 aromatic rings. The number of primary amides is 1. The molecule has 0 aliphatic heterocycles. The predicted octanol–water partition coefficient (Wildman–Crippen LogP) is 3.31. The lowest BCUT2D eigenvalue weighted by molar-refractivity contribution is -0.117. The van der Waals surface area contributed by atoms with Crippen LogP contribution < -0.4 is 16.8 Å². The number of halogens is 2. The number of nitrogens with zero attached hydrogens (tertiary/aromatic N) is 3. The topological polar surface area (TPSA) is 146 Å². The van der Waals surface area contributed by atoms with Crippen LogP contribution in [0.3, 0.4) is 0 Å². The monoisotopic (exact) mass is 472 g/mol. The quantitative estimate of drug-likeness (QED) is 0.355. The number of anilines is 2. The lowest BCUT2D eigenvalue weighted by Gasteiger charge is -2.13. The summed E-state index contributed by atoms with van der Waals surface area (Å²) in [5.74, 6) is -4.09. The normalized spacial score (nSPS) is 11.9. The highest BCUT2D eigenvalue weighted by Gasteiger charge is 2.29. The summed E-state index contributed by atoms with van der Waals surface area (Å²) in [6.07, 6.45) is 1.08. The molecule has 0 fully saturated rings. The van der Waals surface area contributed by atoms with Gasteiger partial charge in [0, 0.05) is 11.1 Å². The molecule has 0 aliphatic carbocycles. The van der Waals surface area contributed by atoms with Crippen LogP contribution in [0.15, 0.2) is 36.5 Å². The maximum absolute atomic E-state index is 14.5. The van der Waals surface area contributed by atoms with Gasteiger partial charge < -0.3 is 16.8 Å². The van der Waals surface area contributed by atoms with Crippen molar-refractivity contribution in [2.45, 2.75) is 32.7 Å². The van der Waals surface area contributed by atoms with Gasteiger partial charge in [-0.3, -0.25) is 14.4 Å². The van der Waals surface area contributed by atoms with Gasteiger partial charge in [0.25, 0.3) is 5.91 Å². The zero-order valence-electron chi connectivity index (χ0n) is 18.1. The lowest BCUT2D eigenvalue weighted by Crippen LogP contribution is -2.20. The third-order valence-electron chi connectivity index (χ3n) is 5.01. The van der Waals surface area contributed by atoms with Crippen LogP contribution in [0.4, 0.5) is 15.9 Å². The van der Waals surface area contributed by atoms with Crippen LogP contribution in [0.5, 0.6) is 0 Å². The number of hydrogen-bond donors (Lipinski definition) is 3. The highest BCUT2D eigenvalue weighted by atomic mass is 35.5. The molecule has 1 atom stereocenters. The van der Waals surface area contributed by atoms with E-state index in [1.807, 2.05) is 0 Å². The molecular formula is C22H22ClFN6O3. The third-order valence-corrected chi connectivity index (χ3v) is 5.26. The van der Waals surface area contributed by atoms with Gasteiger partial charge in [0.1, 0.15) is 17.1 Å². The number of hydrogen-bond acceptors (Lipinski definition) is 6. The van der Waals surface area contributed by atoms with Crippen LogP contribution in [0, 0.1) is 5.95 Å². The summed E-state index contributed by atoms with van der Waals surface area (Å²) < 4.78 is 15.7. The van der Waals surface area contributed by atoms with Crippen LogP contribution >= 0.6 is 11.6 Å². The van der Waals surface area contributed by atoms with Crippen molar-refractivity contribution in [3.8, 4) is 0 Å². The van der Waals surface area contributed by atoms with Gasteiger partial charge in [-0.05, 0) is 44.5 Å². The van der Waals surface area contributed by atoms with Gasteiger partial charge in [-0.25, -0.2) is 9.67 Å². The fourth-order valence-electron chi connectivity index (χ4n) is 3.20. The Bertz CT molecular complexity index is 1240. The summed E-state index contributed by atoms with van der Waals surface area (Å²) >= 11 is 5.88. The zero-order chi connectivity index (χ0) is 24.4. The largest absolute Gasteiger partial charge is 0.383 e. The highest BCUT2D eigenvalue weighted by molar-refractivity contribution is 6.30. The van der Waals surface area contributed by atoms with Crippen LogP contribution in [-0.4, -0.2) is 32.4 Å². The molecule has 0 aliphatic rings. The smallest absolute Gasteiger partial charge is 0.254 e. The Morgan fingerprint density at radius 1 is 1.15 bits per heavy atom. The Labute approximate surface area is 193 Å². The molecule has 11 heteroatoms. The summed E-state index contributed by atoms with van der Waals surface area (Å²) in [7, 11) is 0. The molecule has 33 heavy (non-hydrogen) atoms. The first-order valence-corrected chi connectivity index (χ1v) is 10.3. The molecule has 9 nitrogen and oxygen atoms in total. The van der Waals surface area contributed by atoms with E-state index in [2.05, 4.69) is 15.4 Å². The van der Waals surface area contributed by atoms with Crippen molar-refractivity contribution < 1.29 is 18.8 Å². The molecule has 2 heterocycles. The second-order valence-corrected chi connectivity index (χ2v) is 8.10. The molecule has 0 radical (unpaired) electrons. The number of pyridine rings is 1. The van der Waals surface area contributed by atoms with Crippen molar-refractivity contribution in [2.24, 2.45) is 5.73 Å². The summed E-state index contributed by atoms with van der Waals surface area (Å²) in [5, 5.41) is 7.20. The predicted molar refractivity (Wildman–Crippen MR) is 122 cm³/mol. The van der Waals surface area contributed by atoms with E-state index in [0.29, 0.717) is 10.6 Å². The lowest BCUT2D eigenvalue weighted by atomic mass is 10.0. The fourth-order valence-corrected chi connectivity index (χ4v) is 3.33. The minimum Gasteiger partial charge on any atom is -0.383 e. The van der Waals surface area contributed by atoms with Crippen molar-refractivity contribution in [1.29, 1.82) is 0 Å². The van der Waals surface area contributed by atoms with E-state index in [4.69, 9.17) is 23.1 Å². The van der Waals surface area contributed by atoms with Gasteiger partial charge in [0.2, 0.25) is 17.6 Å². The Morgan fingerprint density at radius 3 is 2.36 bits per heavy atom. The molecule has 0 bridgehead atoms. The molecule has 172 valence electrons. The molecule has 1 unspecified atom stereocenters. The maximum atomic E-state index is 14.5. The molecule has 5 N–H and O–H groups in total. The Balaban J connectivity index is 1.93. The summed E-state index contributed by atoms with van der Waals surface area (Å²) in [5.41, 5.74) is 10.9. The van der Waals surface area contributed by atoms with Crippen molar-refractivity contribution in [3.05, 3.63) is 69.9 Å². The Kier molecular flexibility index (Phi) is 6.78. The van der Waals surface area contributed by atoms with Gasteiger partial charge in [0.15, 0.2) is 0 Å². The van der Waals surface area contributed by atoms with E-state index in [9.17, 15) is 18.8 Å². The number of carbonyl (C=O) groups excluding carboxylic acids is 3. The fraction of sp³-hybridized carbons (Fsp3) is 0.227. The first-order valence-electron chi connectivity index (χ1n) is 9.95. The number of aromatic nitrogens is 3. The van der Waals surface area contributed by atoms with Gasteiger partial charge in [-0.15, -0.1) is 0 Å².